The molecule has 0 spiro atoms. The minimum atomic E-state index is 0.0755. The van der Waals surface area contributed by atoms with Crippen molar-refractivity contribution in [1.82, 2.24) is 5.32 Å². The zero-order chi connectivity index (χ0) is 12.3. The topological polar surface area (TPSA) is 32.3 Å². The molecule has 0 saturated carbocycles. The number of nitrogens with one attached hydrogen (secondary N) is 1. The van der Waals surface area contributed by atoms with Gasteiger partial charge in [0.25, 0.3) is 0 Å². The zero-order valence-electron chi connectivity index (χ0n) is 10.5. The van der Waals surface area contributed by atoms with Gasteiger partial charge in [-0.05, 0) is 24.3 Å². The summed E-state index contributed by atoms with van der Waals surface area (Å²) in [7, 11) is 0. The van der Waals surface area contributed by atoms with Gasteiger partial charge < -0.3 is 10.2 Å². The van der Waals surface area contributed by atoms with Gasteiger partial charge in [0.2, 0.25) is 5.91 Å². The maximum atomic E-state index is 11.7. The predicted octanol–water partition coefficient (Wildman–Crippen LogP) is 2.49. The van der Waals surface area contributed by atoms with E-state index < -0.39 is 0 Å². The molecule has 1 aromatic heterocycles. The summed E-state index contributed by atoms with van der Waals surface area (Å²) in [6.45, 7) is 5.92. The van der Waals surface area contributed by atoms with E-state index in [4.69, 9.17) is 0 Å². The van der Waals surface area contributed by atoms with Crippen LogP contribution in [0.25, 0.3) is 0 Å². The number of anilines is 1. The van der Waals surface area contributed by atoms with Crippen LogP contribution in [0.2, 0.25) is 0 Å². The van der Waals surface area contributed by atoms with Crippen LogP contribution >= 0.6 is 11.3 Å². The Morgan fingerprint density at radius 2 is 2.41 bits per heavy atom. The van der Waals surface area contributed by atoms with Gasteiger partial charge in [-0.3, -0.25) is 4.79 Å². The normalized spacial score (nSPS) is 20.6. The molecule has 17 heavy (non-hydrogen) atoms. The molecule has 2 rings (SSSR count). The summed E-state index contributed by atoms with van der Waals surface area (Å²) in [6, 6.07) is 2.45. The molecule has 94 valence electrons. The number of hydrogen-bond acceptors (Lipinski definition) is 3. The first-order valence-electron chi connectivity index (χ1n) is 6.24. The van der Waals surface area contributed by atoms with Crippen LogP contribution in [0.1, 0.15) is 26.7 Å². The summed E-state index contributed by atoms with van der Waals surface area (Å²) in [5.74, 6) is 0.244. The maximum Gasteiger partial charge on any atom is 0.222 e. The predicted molar refractivity (Wildman–Crippen MR) is 72.5 cm³/mol. The number of thiophene rings is 1. The van der Waals surface area contributed by atoms with Crippen molar-refractivity contribution < 1.29 is 4.79 Å². The lowest BCUT2D eigenvalue weighted by molar-refractivity contribution is -0.124. The smallest absolute Gasteiger partial charge is 0.222 e. The summed E-state index contributed by atoms with van der Waals surface area (Å²) in [5.41, 5.74) is 1.29. The summed E-state index contributed by atoms with van der Waals surface area (Å²) < 4.78 is 0. The molecule has 1 atom stereocenters. The number of piperidine rings is 1. The van der Waals surface area contributed by atoms with E-state index in [0.29, 0.717) is 6.04 Å². The lowest BCUT2D eigenvalue weighted by Gasteiger charge is -2.34. The van der Waals surface area contributed by atoms with Crippen LogP contribution in [-0.2, 0) is 4.79 Å². The number of nitrogens with zero attached hydrogens (tertiary/aromatic N) is 1. The third-order valence-corrected chi connectivity index (χ3v) is 3.83. The Balaban J connectivity index is 1.91. The molecular formula is C13H20N2OS. The summed E-state index contributed by atoms with van der Waals surface area (Å²) in [6.07, 6.45) is 2.25. The first kappa shape index (κ1) is 12.4. The third kappa shape index (κ3) is 3.22. The molecule has 0 aliphatic carbocycles. The molecule has 1 aromatic rings. The fourth-order valence-corrected chi connectivity index (χ4v) is 2.80. The highest BCUT2D eigenvalue weighted by atomic mass is 32.1. The Labute approximate surface area is 107 Å². The van der Waals surface area contributed by atoms with Gasteiger partial charge >= 0.3 is 0 Å². The van der Waals surface area contributed by atoms with E-state index in [0.717, 1.165) is 25.9 Å². The van der Waals surface area contributed by atoms with E-state index in [1.807, 2.05) is 13.8 Å². The van der Waals surface area contributed by atoms with Crippen molar-refractivity contribution in [3.05, 3.63) is 16.8 Å². The van der Waals surface area contributed by atoms with Crippen LogP contribution < -0.4 is 10.2 Å². The SMILES string of the molecule is CC(C)C(=O)NC1CCCN(c2ccsc2)C1. The van der Waals surface area contributed by atoms with E-state index in [9.17, 15) is 4.79 Å². The molecule has 1 aliphatic rings. The molecule has 1 saturated heterocycles. The molecule has 1 N–H and O–H groups in total. The first-order chi connectivity index (χ1) is 8.16. The number of amides is 1. The second-order valence-corrected chi connectivity index (χ2v) is 5.71. The molecule has 0 radical (unpaired) electrons. The second-order valence-electron chi connectivity index (χ2n) is 4.93. The average Bonchev–Trinajstić information content (AvgIpc) is 2.82. The molecule has 1 aliphatic heterocycles. The number of carbonyl (C=O) groups is 1. The number of carbonyl (C=O) groups excluding carboxylic acids is 1. The van der Waals surface area contributed by atoms with E-state index >= 15 is 0 Å². The van der Waals surface area contributed by atoms with Gasteiger partial charge in [-0.1, -0.05) is 13.8 Å². The molecule has 0 aromatic carbocycles. The van der Waals surface area contributed by atoms with Crippen molar-refractivity contribution in [2.24, 2.45) is 5.92 Å². The van der Waals surface area contributed by atoms with Crippen LogP contribution in [0.4, 0.5) is 5.69 Å². The van der Waals surface area contributed by atoms with Gasteiger partial charge in [0.05, 0.1) is 0 Å². The van der Waals surface area contributed by atoms with E-state index in [2.05, 4.69) is 27.0 Å². The quantitative estimate of drug-likeness (QED) is 0.896. The van der Waals surface area contributed by atoms with Crippen molar-refractivity contribution in [1.29, 1.82) is 0 Å². The van der Waals surface area contributed by atoms with E-state index in [1.165, 1.54) is 5.69 Å². The minimum absolute atomic E-state index is 0.0755. The van der Waals surface area contributed by atoms with Crippen molar-refractivity contribution in [2.45, 2.75) is 32.7 Å². The van der Waals surface area contributed by atoms with Crippen molar-refractivity contribution in [2.75, 3.05) is 18.0 Å². The van der Waals surface area contributed by atoms with Crippen LogP contribution in [-0.4, -0.2) is 25.0 Å². The van der Waals surface area contributed by atoms with Gasteiger partial charge in [-0.2, -0.15) is 11.3 Å². The Morgan fingerprint density at radius 1 is 1.59 bits per heavy atom. The lowest BCUT2D eigenvalue weighted by atomic mass is 10.0. The monoisotopic (exact) mass is 252 g/mol. The van der Waals surface area contributed by atoms with Crippen LogP contribution in [0.15, 0.2) is 16.8 Å². The van der Waals surface area contributed by atoms with Crippen LogP contribution in [0, 0.1) is 5.92 Å². The standard InChI is InChI=1S/C13H20N2OS/c1-10(2)13(16)14-11-4-3-6-15(8-11)12-5-7-17-9-12/h5,7,9-11H,3-4,6,8H2,1-2H3,(H,14,16). The summed E-state index contributed by atoms with van der Waals surface area (Å²) in [4.78, 5) is 14.0. The highest BCUT2D eigenvalue weighted by molar-refractivity contribution is 7.08. The van der Waals surface area contributed by atoms with Gasteiger partial charge in [0.1, 0.15) is 0 Å². The first-order valence-corrected chi connectivity index (χ1v) is 7.18. The van der Waals surface area contributed by atoms with Gasteiger partial charge in [-0.15, -0.1) is 0 Å². The lowest BCUT2D eigenvalue weighted by Crippen LogP contribution is -2.48. The largest absolute Gasteiger partial charge is 0.369 e. The Bertz CT molecular complexity index is 362. The number of hydrogen-bond donors (Lipinski definition) is 1. The van der Waals surface area contributed by atoms with Crippen LogP contribution in [0.3, 0.4) is 0 Å². The molecular weight excluding hydrogens is 232 g/mol. The highest BCUT2D eigenvalue weighted by Gasteiger charge is 2.22. The van der Waals surface area contributed by atoms with Crippen molar-refractivity contribution >= 4 is 22.9 Å². The van der Waals surface area contributed by atoms with E-state index in [-0.39, 0.29) is 11.8 Å². The van der Waals surface area contributed by atoms with E-state index in [1.54, 1.807) is 11.3 Å². The fourth-order valence-electron chi connectivity index (χ4n) is 2.13. The molecule has 2 heterocycles. The fraction of sp³-hybridized carbons (Fsp3) is 0.615. The highest BCUT2D eigenvalue weighted by Crippen LogP contribution is 2.22. The Morgan fingerprint density at radius 3 is 3.06 bits per heavy atom. The molecule has 1 fully saturated rings. The Hall–Kier alpha value is -1.03. The van der Waals surface area contributed by atoms with Gasteiger partial charge in [0, 0.05) is 36.1 Å². The summed E-state index contributed by atoms with van der Waals surface area (Å²) in [5, 5.41) is 7.41. The Kier molecular flexibility index (Phi) is 4.05. The average molecular weight is 252 g/mol. The second kappa shape index (κ2) is 5.54. The molecule has 3 nitrogen and oxygen atoms in total. The summed E-state index contributed by atoms with van der Waals surface area (Å²) >= 11 is 1.72. The van der Waals surface area contributed by atoms with Gasteiger partial charge in [-0.25, -0.2) is 0 Å². The minimum Gasteiger partial charge on any atom is -0.369 e. The molecule has 1 unspecified atom stereocenters. The molecule has 1 amide bonds. The van der Waals surface area contributed by atoms with Crippen molar-refractivity contribution in [3.63, 3.8) is 0 Å². The van der Waals surface area contributed by atoms with Crippen LogP contribution in [0.5, 0.6) is 0 Å². The van der Waals surface area contributed by atoms with Crippen molar-refractivity contribution in [3.8, 4) is 0 Å². The number of rotatable bonds is 3. The molecule has 0 bridgehead atoms. The molecule has 4 heteroatoms. The maximum absolute atomic E-state index is 11.7. The zero-order valence-corrected chi connectivity index (χ0v) is 11.3. The third-order valence-electron chi connectivity index (χ3n) is 3.16. The van der Waals surface area contributed by atoms with Gasteiger partial charge in [0.15, 0.2) is 0 Å².